The number of hydrogen-bond acceptors (Lipinski definition) is 6. The van der Waals surface area contributed by atoms with Crippen LogP contribution in [0.25, 0.3) is 11.4 Å². The molecule has 0 unspecified atom stereocenters. The Kier molecular flexibility index (Phi) is 5.74. The number of nitrogens with zero attached hydrogens (tertiary/aromatic N) is 2. The van der Waals surface area contributed by atoms with E-state index in [9.17, 15) is 13.2 Å². The van der Waals surface area contributed by atoms with E-state index in [1.807, 2.05) is 24.3 Å². The highest BCUT2D eigenvalue weighted by Gasteiger charge is 2.13. The van der Waals surface area contributed by atoms with Gasteiger partial charge in [0, 0.05) is 11.1 Å². The minimum Gasteiger partial charge on any atom is -0.497 e. The summed E-state index contributed by atoms with van der Waals surface area (Å²) in [5, 5.41) is 9.66. The van der Waals surface area contributed by atoms with E-state index in [2.05, 4.69) is 20.5 Å². The molecule has 146 valence electrons. The molecule has 0 saturated heterocycles. The minimum absolute atomic E-state index is 0.0144. The Morgan fingerprint density at radius 3 is 2.39 bits per heavy atom. The predicted molar refractivity (Wildman–Crippen MR) is 104 cm³/mol. The summed E-state index contributed by atoms with van der Waals surface area (Å²) in [6, 6.07) is 13.2. The standard InChI is InChI=1S/C19H20N4O4S/c1-3-28(25,26)16-10-6-14(7-11-16)19(24)20-12-17-21-18(23-22-17)13-4-8-15(27-2)9-5-13/h4-11H,3,12H2,1-2H3,(H,20,24)(H,21,22,23). The van der Waals surface area contributed by atoms with E-state index >= 15 is 0 Å². The number of rotatable bonds is 7. The van der Waals surface area contributed by atoms with Crippen molar-refractivity contribution < 1.29 is 17.9 Å². The van der Waals surface area contributed by atoms with Crippen molar-refractivity contribution in [2.75, 3.05) is 12.9 Å². The third-order valence-electron chi connectivity index (χ3n) is 4.15. The van der Waals surface area contributed by atoms with Crippen LogP contribution in [-0.4, -0.2) is 42.4 Å². The third-order valence-corrected chi connectivity index (χ3v) is 5.90. The first-order chi connectivity index (χ1) is 13.4. The van der Waals surface area contributed by atoms with Gasteiger partial charge in [-0.1, -0.05) is 6.92 Å². The number of carbonyl (C=O) groups is 1. The van der Waals surface area contributed by atoms with Gasteiger partial charge in [-0.2, -0.15) is 5.10 Å². The first-order valence-corrected chi connectivity index (χ1v) is 10.2. The molecule has 28 heavy (non-hydrogen) atoms. The number of sulfone groups is 1. The summed E-state index contributed by atoms with van der Waals surface area (Å²) in [6.45, 7) is 1.74. The molecule has 0 atom stereocenters. The van der Waals surface area contributed by atoms with Gasteiger partial charge in [0.1, 0.15) is 11.6 Å². The molecule has 2 aromatic carbocycles. The van der Waals surface area contributed by atoms with Crippen molar-refractivity contribution in [2.45, 2.75) is 18.4 Å². The zero-order valence-corrected chi connectivity index (χ0v) is 16.3. The highest BCUT2D eigenvalue weighted by Crippen LogP contribution is 2.19. The topological polar surface area (TPSA) is 114 Å². The van der Waals surface area contributed by atoms with Crippen molar-refractivity contribution in [3.8, 4) is 17.1 Å². The summed E-state index contributed by atoms with van der Waals surface area (Å²) in [6.07, 6.45) is 0. The predicted octanol–water partition coefficient (Wildman–Crippen LogP) is 2.20. The molecule has 0 aliphatic rings. The number of benzene rings is 2. The maximum atomic E-state index is 12.3. The molecular formula is C19H20N4O4S. The summed E-state index contributed by atoms with van der Waals surface area (Å²) >= 11 is 0. The molecule has 9 heteroatoms. The minimum atomic E-state index is -3.29. The molecule has 0 spiro atoms. The lowest BCUT2D eigenvalue weighted by Gasteiger charge is -2.05. The van der Waals surface area contributed by atoms with E-state index < -0.39 is 9.84 Å². The van der Waals surface area contributed by atoms with Crippen LogP contribution in [-0.2, 0) is 16.4 Å². The van der Waals surface area contributed by atoms with Gasteiger partial charge in [-0.15, -0.1) is 0 Å². The number of aromatic nitrogens is 3. The van der Waals surface area contributed by atoms with Crippen LogP contribution in [0.1, 0.15) is 23.1 Å². The number of ether oxygens (including phenoxy) is 1. The van der Waals surface area contributed by atoms with E-state index in [1.54, 1.807) is 14.0 Å². The fourth-order valence-corrected chi connectivity index (χ4v) is 3.37. The largest absolute Gasteiger partial charge is 0.497 e. The van der Waals surface area contributed by atoms with Crippen molar-refractivity contribution in [1.29, 1.82) is 0 Å². The van der Waals surface area contributed by atoms with Crippen LogP contribution in [0.15, 0.2) is 53.4 Å². The van der Waals surface area contributed by atoms with Crippen LogP contribution in [0.5, 0.6) is 5.75 Å². The Morgan fingerprint density at radius 1 is 1.11 bits per heavy atom. The van der Waals surface area contributed by atoms with Crippen LogP contribution in [0.4, 0.5) is 0 Å². The van der Waals surface area contributed by atoms with E-state index in [0.717, 1.165) is 11.3 Å². The molecule has 3 aromatic rings. The molecule has 0 aliphatic heterocycles. The van der Waals surface area contributed by atoms with E-state index in [-0.39, 0.29) is 23.1 Å². The van der Waals surface area contributed by atoms with Gasteiger partial charge >= 0.3 is 0 Å². The average Bonchev–Trinajstić information content (AvgIpc) is 3.21. The summed E-state index contributed by atoms with van der Waals surface area (Å²) in [7, 11) is -1.69. The maximum absolute atomic E-state index is 12.3. The smallest absolute Gasteiger partial charge is 0.251 e. The van der Waals surface area contributed by atoms with Gasteiger partial charge in [-0.3, -0.25) is 9.89 Å². The number of hydrogen-bond donors (Lipinski definition) is 2. The molecule has 0 radical (unpaired) electrons. The van der Waals surface area contributed by atoms with Crippen LogP contribution in [0.2, 0.25) is 0 Å². The summed E-state index contributed by atoms with van der Waals surface area (Å²) in [5.74, 6) is 1.44. The van der Waals surface area contributed by atoms with Crippen LogP contribution in [0, 0.1) is 0 Å². The van der Waals surface area contributed by atoms with Gasteiger partial charge in [0.15, 0.2) is 15.7 Å². The molecule has 1 heterocycles. The third kappa shape index (κ3) is 4.37. The molecule has 0 saturated carbocycles. The van der Waals surface area contributed by atoms with Crippen molar-refractivity contribution in [3.63, 3.8) is 0 Å². The number of aromatic amines is 1. The van der Waals surface area contributed by atoms with Gasteiger partial charge in [0.2, 0.25) is 0 Å². The highest BCUT2D eigenvalue weighted by molar-refractivity contribution is 7.91. The monoisotopic (exact) mass is 400 g/mol. The number of methoxy groups -OCH3 is 1. The Morgan fingerprint density at radius 2 is 1.79 bits per heavy atom. The lowest BCUT2D eigenvalue weighted by molar-refractivity contribution is 0.0950. The quantitative estimate of drug-likeness (QED) is 0.628. The molecule has 0 aliphatic carbocycles. The van der Waals surface area contributed by atoms with Gasteiger partial charge in [0.05, 0.1) is 24.3 Å². The molecule has 2 N–H and O–H groups in total. The summed E-state index contributed by atoms with van der Waals surface area (Å²) in [4.78, 5) is 16.8. The van der Waals surface area contributed by atoms with Crippen LogP contribution >= 0.6 is 0 Å². The number of amides is 1. The van der Waals surface area contributed by atoms with Gasteiger partial charge in [0.25, 0.3) is 5.91 Å². The molecule has 1 aromatic heterocycles. The van der Waals surface area contributed by atoms with Gasteiger partial charge in [-0.25, -0.2) is 13.4 Å². The van der Waals surface area contributed by atoms with Gasteiger partial charge < -0.3 is 10.1 Å². The molecule has 1 amide bonds. The zero-order chi connectivity index (χ0) is 20.1. The normalized spacial score (nSPS) is 11.2. The fraction of sp³-hybridized carbons (Fsp3) is 0.211. The highest BCUT2D eigenvalue weighted by atomic mass is 32.2. The molecule has 0 bridgehead atoms. The van der Waals surface area contributed by atoms with Crippen molar-refractivity contribution >= 4 is 15.7 Å². The Hall–Kier alpha value is -3.20. The second kappa shape index (κ2) is 8.22. The summed E-state index contributed by atoms with van der Waals surface area (Å²) < 4.78 is 28.8. The van der Waals surface area contributed by atoms with Crippen LogP contribution in [0.3, 0.4) is 0 Å². The molecule has 0 fully saturated rings. The Labute approximate surface area is 162 Å². The van der Waals surface area contributed by atoms with E-state index in [4.69, 9.17) is 4.74 Å². The second-order valence-electron chi connectivity index (χ2n) is 5.94. The number of carbonyl (C=O) groups excluding carboxylic acids is 1. The first kappa shape index (κ1) is 19.6. The Balaban J connectivity index is 1.62. The summed E-state index contributed by atoms with van der Waals surface area (Å²) in [5.41, 5.74) is 1.19. The van der Waals surface area contributed by atoms with E-state index in [1.165, 1.54) is 24.3 Å². The lowest BCUT2D eigenvalue weighted by atomic mass is 10.2. The zero-order valence-electron chi connectivity index (χ0n) is 15.5. The average molecular weight is 400 g/mol. The first-order valence-electron chi connectivity index (χ1n) is 8.59. The second-order valence-corrected chi connectivity index (χ2v) is 8.22. The van der Waals surface area contributed by atoms with Crippen molar-refractivity contribution in [1.82, 2.24) is 20.5 Å². The maximum Gasteiger partial charge on any atom is 0.251 e. The van der Waals surface area contributed by atoms with E-state index in [0.29, 0.717) is 17.2 Å². The van der Waals surface area contributed by atoms with Gasteiger partial charge in [-0.05, 0) is 48.5 Å². The molecular weight excluding hydrogens is 380 g/mol. The fourth-order valence-electron chi connectivity index (χ4n) is 2.49. The number of nitrogens with one attached hydrogen (secondary N) is 2. The van der Waals surface area contributed by atoms with Crippen molar-refractivity contribution in [2.24, 2.45) is 0 Å². The molecule has 3 rings (SSSR count). The van der Waals surface area contributed by atoms with Crippen molar-refractivity contribution in [3.05, 3.63) is 59.9 Å². The lowest BCUT2D eigenvalue weighted by Crippen LogP contribution is -2.23. The Bertz CT molecular complexity index is 1060. The SMILES string of the molecule is CCS(=O)(=O)c1ccc(C(=O)NCc2nc(-c3ccc(OC)cc3)n[nH]2)cc1. The van der Waals surface area contributed by atoms with Crippen LogP contribution < -0.4 is 10.1 Å². The molecule has 8 nitrogen and oxygen atoms in total. The number of H-pyrrole nitrogens is 1.